The van der Waals surface area contributed by atoms with Crippen LogP contribution in [0.5, 0.6) is 5.75 Å². The Morgan fingerprint density at radius 3 is 2.33 bits per heavy atom. The molecule has 1 N–H and O–H groups in total. The lowest BCUT2D eigenvalue weighted by Crippen LogP contribution is -2.47. The maximum absolute atomic E-state index is 12.9. The quantitative estimate of drug-likeness (QED) is 0.574. The van der Waals surface area contributed by atoms with E-state index in [1.54, 1.807) is 19.1 Å². The average Bonchev–Trinajstić information content (AvgIpc) is 2.81. The predicted octanol–water partition coefficient (Wildman–Crippen LogP) is 3.11. The largest absolute Gasteiger partial charge is 0.494 e. The van der Waals surface area contributed by atoms with Gasteiger partial charge < -0.3 is 14.8 Å². The molecule has 8 nitrogen and oxygen atoms in total. The molecule has 1 aliphatic carbocycles. The Balaban J connectivity index is 1.49. The van der Waals surface area contributed by atoms with E-state index < -0.39 is 28.0 Å². The molecule has 1 saturated carbocycles. The number of amides is 1. The Hall–Kier alpha value is -2.13. The van der Waals surface area contributed by atoms with E-state index in [9.17, 15) is 18.0 Å². The highest BCUT2D eigenvalue weighted by Crippen LogP contribution is 2.27. The molecule has 1 aromatic carbocycles. The summed E-state index contributed by atoms with van der Waals surface area (Å²) in [5.74, 6) is -0.0769. The molecule has 33 heavy (non-hydrogen) atoms. The van der Waals surface area contributed by atoms with E-state index in [1.807, 2.05) is 6.92 Å². The number of esters is 1. The van der Waals surface area contributed by atoms with Crippen molar-refractivity contribution in [3.05, 3.63) is 24.3 Å². The van der Waals surface area contributed by atoms with Gasteiger partial charge in [0.1, 0.15) is 5.75 Å². The molecule has 0 unspecified atom stereocenters. The second kappa shape index (κ2) is 11.3. The first-order valence-electron chi connectivity index (χ1n) is 12.0. The van der Waals surface area contributed by atoms with Crippen molar-refractivity contribution >= 4 is 21.9 Å². The fraction of sp³-hybridized carbons (Fsp3) is 0.667. The summed E-state index contributed by atoms with van der Waals surface area (Å²) >= 11 is 0. The maximum Gasteiger partial charge on any atom is 0.309 e. The monoisotopic (exact) mass is 480 g/mol. The van der Waals surface area contributed by atoms with Crippen LogP contribution in [0, 0.1) is 11.8 Å². The number of hydrogen-bond acceptors (Lipinski definition) is 6. The molecule has 0 radical (unpaired) electrons. The van der Waals surface area contributed by atoms with E-state index >= 15 is 0 Å². The first-order chi connectivity index (χ1) is 15.7. The number of hydrogen-bond donors (Lipinski definition) is 1. The van der Waals surface area contributed by atoms with Crippen LogP contribution in [0.2, 0.25) is 0 Å². The van der Waals surface area contributed by atoms with Crippen molar-refractivity contribution in [1.29, 1.82) is 0 Å². The Morgan fingerprint density at radius 2 is 1.73 bits per heavy atom. The molecule has 9 heteroatoms. The fourth-order valence-electron chi connectivity index (χ4n) is 4.51. The summed E-state index contributed by atoms with van der Waals surface area (Å²) in [5, 5.41) is 3.02. The van der Waals surface area contributed by atoms with Gasteiger partial charge in [-0.05, 0) is 69.7 Å². The summed E-state index contributed by atoms with van der Waals surface area (Å²) in [4.78, 5) is 25.3. The standard InChI is InChI=1S/C24H36N2O6S/c1-4-31-20-9-11-21(12-10-20)33(29,30)26-15-13-19(14-16-26)24(28)32-18(3)23(27)25-22-8-6-5-7-17(22)2/h9-12,17-19,22H,4-8,13-16H2,1-3H3,(H,25,27)/t17-,18-,22-/m0/s1. The minimum atomic E-state index is -3.64. The normalized spacial score (nSPS) is 23.5. The van der Waals surface area contributed by atoms with Crippen molar-refractivity contribution < 1.29 is 27.5 Å². The number of piperidine rings is 1. The highest BCUT2D eigenvalue weighted by Gasteiger charge is 2.34. The molecule has 1 saturated heterocycles. The first kappa shape index (κ1) is 25.5. The van der Waals surface area contributed by atoms with Crippen LogP contribution in [-0.4, -0.2) is 56.4 Å². The molecule has 0 bridgehead atoms. The van der Waals surface area contributed by atoms with Gasteiger partial charge in [0.25, 0.3) is 5.91 Å². The summed E-state index contributed by atoms with van der Waals surface area (Å²) in [6.07, 6.45) is 4.20. The Morgan fingerprint density at radius 1 is 1.09 bits per heavy atom. The van der Waals surface area contributed by atoms with Crippen molar-refractivity contribution in [2.75, 3.05) is 19.7 Å². The van der Waals surface area contributed by atoms with Crippen LogP contribution < -0.4 is 10.1 Å². The molecule has 2 aliphatic rings. The first-order valence-corrected chi connectivity index (χ1v) is 13.4. The van der Waals surface area contributed by atoms with Crippen LogP contribution in [0.3, 0.4) is 0 Å². The second-order valence-electron chi connectivity index (χ2n) is 9.04. The van der Waals surface area contributed by atoms with E-state index in [2.05, 4.69) is 12.2 Å². The SMILES string of the molecule is CCOc1ccc(S(=O)(=O)N2CCC(C(=O)O[C@@H](C)C(=O)N[C@H]3CCCC[C@@H]3C)CC2)cc1. The van der Waals surface area contributed by atoms with Gasteiger partial charge in [-0.15, -0.1) is 0 Å². The number of benzene rings is 1. The third-order valence-corrected chi connectivity index (χ3v) is 8.57. The molecule has 1 aliphatic heterocycles. The molecular formula is C24H36N2O6S. The average molecular weight is 481 g/mol. The molecule has 1 amide bonds. The maximum atomic E-state index is 12.9. The zero-order valence-electron chi connectivity index (χ0n) is 19.8. The zero-order chi connectivity index (χ0) is 24.0. The van der Waals surface area contributed by atoms with Gasteiger partial charge in [0, 0.05) is 19.1 Å². The van der Waals surface area contributed by atoms with Gasteiger partial charge in [-0.1, -0.05) is 19.8 Å². The Kier molecular flexibility index (Phi) is 8.75. The predicted molar refractivity (Wildman–Crippen MR) is 124 cm³/mol. The molecule has 184 valence electrons. The minimum Gasteiger partial charge on any atom is -0.494 e. The zero-order valence-corrected chi connectivity index (χ0v) is 20.6. The number of carbonyl (C=O) groups excluding carboxylic acids is 2. The van der Waals surface area contributed by atoms with Gasteiger partial charge in [-0.25, -0.2) is 8.42 Å². The number of rotatable bonds is 8. The van der Waals surface area contributed by atoms with Crippen LogP contribution in [0.4, 0.5) is 0 Å². The van der Waals surface area contributed by atoms with Crippen molar-refractivity contribution in [3.63, 3.8) is 0 Å². The molecule has 3 rings (SSSR count). The van der Waals surface area contributed by atoms with Crippen LogP contribution in [0.15, 0.2) is 29.2 Å². The van der Waals surface area contributed by atoms with E-state index in [4.69, 9.17) is 9.47 Å². The minimum absolute atomic E-state index is 0.128. The molecule has 0 spiro atoms. The van der Waals surface area contributed by atoms with Crippen molar-refractivity contribution in [2.45, 2.75) is 76.3 Å². The third-order valence-electron chi connectivity index (χ3n) is 6.66. The molecule has 1 heterocycles. The summed E-state index contributed by atoms with van der Waals surface area (Å²) in [6, 6.07) is 6.48. The summed E-state index contributed by atoms with van der Waals surface area (Å²) in [5.41, 5.74) is 0. The van der Waals surface area contributed by atoms with E-state index in [0.717, 1.165) is 19.3 Å². The van der Waals surface area contributed by atoms with Crippen LogP contribution in [0.1, 0.15) is 59.3 Å². The smallest absolute Gasteiger partial charge is 0.309 e. The Bertz CT molecular complexity index is 909. The summed E-state index contributed by atoms with van der Waals surface area (Å²) in [7, 11) is -3.64. The highest BCUT2D eigenvalue weighted by atomic mass is 32.2. The van der Waals surface area contributed by atoms with Crippen molar-refractivity contribution in [1.82, 2.24) is 9.62 Å². The van der Waals surface area contributed by atoms with Crippen molar-refractivity contribution in [2.24, 2.45) is 11.8 Å². The summed E-state index contributed by atoms with van der Waals surface area (Å²) < 4.78 is 38.1. The van der Waals surface area contributed by atoms with Gasteiger partial charge in [0.2, 0.25) is 10.0 Å². The number of nitrogens with zero attached hydrogens (tertiary/aromatic N) is 1. The lowest BCUT2D eigenvalue weighted by atomic mass is 9.86. The van der Waals surface area contributed by atoms with Gasteiger partial charge >= 0.3 is 5.97 Å². The topological polar surface area (TPSA) is 102 Å². The van der Waals surface area contributed by atoms with E-state index in [0.29, 0.717) is 31.1 Å². The lowest BCUT2D eigenvalue weighted by molar-refractivity contribution is -0.160. The summed E-state index contributed by atoms with van der Waals surface area (Å²) in [6.45, 7) is 6.56. The van der Waals surface area contributed by atoms with Crippen LogP contribution in [0.25, 0.3) is 0 Å². The van der Waals surface area contributed by atoms with Crippen LogP contribution in [-0.2, 0) is 24.3 Å². The fourth-order valence-corrected chi connectivity index (χ4v) is 5.98. The molecule has 3 atom stereocenters. The molecular weight excluding hydrogens is 444 g/mol. The number of nitrogens with one attached hydrogen (secondary N) is 1. The molecule has 1 aromatic rings. The third kappa shape index (κ3) is 6.47. The van der Waals surface area contributed by atoms with Crippen molar-refractivity contribution in [3.8, 4) is 5.75 Å². The Labute approximate surface area is 197 Å². The van der Waals surface area contributed by atoms with Gasteiger partial charge in [-0.2, -0.15) is 4.31 Å². The lowest BCUT2D eigenvalue weighted by Gasteiger charge is -2.32. The van der Waals surface area contributed by atoms with Crippen LogP contribution >= 0.6 is 0 Å². The van der Waals surface area contributed by atoms with Gasteiger partial charge in [-0.3, -0.25) is 9.59 Å². The van der Waals surface area contributed by atoms with E-state index in [-0.39, 0.29) is 29.9 Å². The number of carbonyl (C=O) groups is 2. The molecule has 0 aromatic heterocycles. The van der Waals surface area contributed by atoms with Gasteiger partial charge in [0.05, 0.1) is 17.4 Å². The number of ether oxygens (including phenoxy) is 2. The molecule has 2 fully saturated rings. The number of sulfonamides is 1. The highest BCUT2D eigenvalue weighted by molar-refractivity contribution is 7.89. The second-order valence-corrected chi connectivity index (χ2v) is 11.0. The van der Waals surface area contributed by atoms with Gasteiger partial charge in [0.15, 0.2) is 6.10 Å². The van der Waals surface area contributed by atoms with E-state index in [1.165, 1.54) is 22.9 Å².